The Morgan fingerprint density at radius 3 is 2.32 bits per heavy atom. The van der Waals surface area contributed by atoms with Gasteiger partial charge in [-0.3, -0.25) is 0 Å². The summed E-state index contributed by atoms with van der Waals surface area (Å²) in [6.45, 7) is 12.2. The van der Waals surface area contributed by atoms with Gasteiger partial charge in [0.05, 0.1) is 0 Å². The van der Waals surface area contributed by atoms with Crippen LogP contribution in [0.3, 0.4) is 0 Å². The summed E-state index contributed by atoms with van der Waals surface area (Å²) in [5.41, 5.74) is 10.1. The van der Waals surface area contributed by atoms with Gasteiger partial charge in [0.25, 0.3) is 0 Å². The van der Waals surface area contributed by atoms with Gasteiger partial charge >= 0.3 is 0 Å². The molecular weight excluding hydrogens is 232 g/mol. The molecule has 0 spiro atoms. The highest BCUT2D eigenvalue weighted by atomic mass is 15.1. The van der Waals surface area contributed by atoms with Crippen molar-refractivity contribution in [2.45, 2.75) is 66.0 Å². The van der Waals surface area contributed by atoms with Crippen molar-refractivity contribution in [1.82, 2.24) is 0 Å². The van der Waals surface area contributed by atoms with Crippen LogP contribution in [0.15, 0.2) is 18.2 Å². The summed E-state index contributed by atoms with van der Waals surface area (Å²) in [7, 11) is 0. The smallest absolute Gasteiger partial charge is 0.0371 e. The largest absolute Gasteiger partial charge is 0.369 e. The van der Waals surface area contributed by atoms with Crippen molar-refractivity contribution >= 4 is 5.69 Å². The minimum Gasteiger partial charge on any atom is -0.369 e. The molecule has 2 heteroatoms. The normalized spacial score (nSPS) is 14.2. The van der Waals surface area contributed by atoms with E-state index in [0.29, 0.717) is 6.04 Å². The third-order valence-corrected chi connectivity index (χ3v) is 4.13. The first-order valence-corrected chi connectivity index (χ1v) is 7.65. The first kappa shape index (κ1) is 16.0. The summed E-state index contributed by atoms with van der Waals surface area (Å²) in [6.07, 6.45) is 3.20. The molecule has 1 aromatic carbocycles. The van der Waals surface area contributed by atoms with E-state index < -0.39 is 0 Å². The van der Waals surface area contributed by atoms with E-state index >= 15 is 0 Å². The van der Waals surface area contributed by atoms with E-state index in [-0.39, 0.29) is 6.04 Å². The molecule has 19 heavy (non-hydrogen) atoms. The number of benzene rings is 1. The molecular formula is C17H30N2. The fourth-order valence-electron chi connectivity index (χ4n) is 2.48. The van der Waals surface area contributed by atoms with Gasteiger partial charge in [-0.1, -0.05) is 19.9 Å². The van der Waals surface area contributed by atoms with Crippen LogP contribution in [0.2, 0.25) is 0 Å². The van der Waals surface area contributed by atoms with Crippen molar-refractivity contribution in [3.8, 4) is 0 Å². The summed E-state index contributed by atoms with van der Waals surface area (Å²) in [4.78, 5) is 2.47. The summed E-state index contributed by atoms with van der Waals surface area (Å²) in [5, 5.41) is 0. The molecule has 1 aromatic rings. The molecule has 0 aromatic heterocycles. The third-order valence-electron chi connectivity index (χ3n) is 4.13. The Morgan fingerprint density at radius 1 is 1.16 bits per heavy atom. The second-order valence-corrected chi connectivity index (χ2v) is 5.53. The summed E-state index contributed by atoms with van der Waals surface area (Å²) < 4.78 is 0. The fraction of sp³-hybridized carbons (Fsp3) is 0.647. The predicted molar refractivity (Wildman–Crippen MR) is 85.9 cm³/mol. The van der Waals surface area contributed by atoms with Crippen molar-refractivity contribution < 1.29 is 0 Å². The van der Waals surface area contributed by atoms with Gasteiger partial charge in [-0.05, 0) is 63.3 Å². The quantitative estimate of drug-likeness (QED) is 0.807. The van der Waals surface area contributed by atoms with Gasteiger partial charge in [0, 0.05) is 24.3 Å². The zero-order valence-electron chi connectivity index (χ0n) is 13.2. The van der Waals surface area contributed by atoms with Gasteiger partial charge in [0.2, 0.25) is 0 Å². The van der Waals surface area contributed by atoms with Crippen LogP contribution in [-0.4, -0.2) is 18.6 Å². The first-order valence-electron chi connectivity index (χ1n) is 7.65. The molecule has 0 aliphatic rings. The summed E-state index contributed by atoms with van der Waals surface area (Å²) >= 11 is 0. The molecule has 0 bridgehead atoms. The zero-order valence-corrected chi connectivity index (χ0v) is 13.2. The summed E-state index contributed by atoms with van der Waals surface area (Å²) in [6, 6.07) is 7.69. The molecule has 2 atom stereocenters. The minimum absolute atomic E-state index is 0.279. The van der Waals surface area contributed by atoms with E-state index in [4.69, 9.17) is 5.73 Å². The van der Waals surface area contributed by atoms with Crippen LogP contribution < -0.4 is 10.6 Å². The van der Waals surface area contributed by atoms with Crippen LogP contribution in [0.25, 0.3) is 0 Å². The van der Waals surface area contributed by atoms with Crippen LogP contribution in [0.5, 0.6) is 0 Å². The van der Waals surface area contributed by atoms with E-state index in [9.17, 15) is 0 Å². The maximum atomic E-state index is 6.06. The highest BCUT2D eigenvalue weighted by Gasteiger charge is 2.12. The number of nitrogens with zero attached hydrogens (tertiary/aromatic N) is 1. The van der Waals surface area contributed by atoms with Crippen molar-refractivity contribution in [1.29, 1.82) is 0 Å². The Bertz CT molecular complexity index is 387. The molecule has 1 rings (SSSR count). The molecule has 0 saturated carbocycles. The van der Waals surface area contributed by atoms with E-state index in [1.807, 2.05) is 0 Å². The van der Waals surface area contributed by atoms with E-state index in [1.165, 1.54) is 23.2 Å². The average Bonchev–Trinajstić information content (AvgIpc) is 2.42. The highest BCUT2D eigenvalue weighted by Crippen LogP contribution is 2.23. The number of hydrogen-bond donors (Lipinski definition) is 1. The molecule has 0 saturated heterocycles. The number of aryl methyl sites for hydroxylation is 1. The van der Waals surface area contributed by atoms with Gasteiger partial charge in [-0.15, -0.1) is 0 Å². The molecule has 0 amide bonds. The third kappa shape index (κ3) is 4.24. The van der Waals surface area contributed by atoms with Crippen molar-refractivity contribution in [3.63, 3.8) is 0 Å². The Labute approximate surface area is 119 Å². The number of rotatable bonds is 7. The molecule has 2 nitrogen and oxygen atoms in total. The Morgan fingerprint density at radius 2 is 1.84 bits per heavy atom. The topological polar surface area (TPSA) is 29.3 Å². The Balaban J connectivity index is 2.91. The molecule has 0 aliphatic carbocycles. The molecule has 0 fully saturated rings. The fourth-order valence-corrected chi connectivity index (χ4v) is 2.48. The maximum Gasteiger partial charge on any atom is 0.0371 e. The molecule has 108 valence electrons. The van der Waals surface area contributed by atoms with Crippen LogP contribution in [-0.2, 0) is 6.42 Å². The standard InChI is InChI=1S/C17H30N2/c1-6-14(5)19(8-3)17-10-9-15(13(4)11-17)12-16(18)7-2/h9-11,14,16H,6-8,12,18H2,1-5H3. The van der Waals surface area contributed by atoms with Crippen LogP contribution in [0, 0.1) is 6.92 Å². The van der Waals surface area contributed by atoms with Gasteiger partial charge in [-0.2, -0.15) is 0 Å². The van der Waals surface area contributed by atoms with Crippen molar-refractivity contribution in [3.05, 3.63) is 29.3 Å². The number of nitrogens with two attached hydrogens (primary N) is 1. The van der Waals surface area contributed by atoms with E-state index in [1.54, 1.807) is 0 Å². The molecule has 0 radical (unpaired) electrons. The van der Waals surface area contributed by atoms with Crippen molar-refractivity contribution in [2.75, 3.05) is 11.4 Å². The molecule has 0 aliphatic heterocycles. The van der Waals surface area contributed by atoms with Gasteiger partial charge in [0.15, 0.2) is 0 Å². The lowest BCUT2D eigenvalue weighted by atomic mass is 9.99. The minimum atomic E-state index is 0.279. The number of hydrogen-bond acceptors (Lipinski definition) is 2. The Kier molecular flexibility index (Phi) is 6.36. The summed E-state index contributed by atoms with van der Waals surface area (Å²) in [5.74, 6) is 0. The SMILES string of the molecule is CCC(N)Cc1ccc(N(CC)C(C)CC)cc1C. The lowest BCUT2D eigenvalue weighted by Gasteiger charge is -2.30. The lowest BCUT2D eigenvalue weighted by molar-refractivity contribution is 0.628. The molecule has 2 unspecified atom stereocenters. The molecule has 2 N–H and O–H groups in total. The van der Waals surface area contributed by atoms with E-state index in [2.05, 4.69) is 57.7 Å². The monoisotopic (exact) mass is 262 g/mol. The van der Waals surface area contributed by atoms with Crippen LogP contribution >= 0.6 is 0 Å². The second kappa shape index (κ2) is 7.54. The molecule has 0 heterocycles. The lowest BCUT2D eigenvalue weighted by Crippen LogP contribution is -2.32. The Hall–Kier alpha value is -1.02. The van der Waals surface area contributed by atoms with Crippen LogP contribution in [0.1, 0.15) is 51.7 Å². The highest BCUT2D eigenvalue weighted by molar-refractivity contribution is 5.51. The van der Waals surface area contributed by atoms with Gasteiger partial charge in [-0.25, -0.2) is 0 Å². The zero-order chi connectivity index (χ0) is 14.4. The van der Waals surface area contributed by atoms with Crippen LogP contribution in [0.4, 0.5) is 5.69 Å². The van der Waals surface area contributed by atoms with Gasteiger partial charge in [0.1, 0.15) is 0 Å². The van der Waals surface area contributed by atoms with E-state index in [0.717, 1.165) is 19.4 Å². The maximum absolute atomic E-state index is 6.06. The number of anilines is 1. The predicted octanol–water partition coefficient (Wildman–Crippen LogP) is 3.90. The first-order chi connectivity index (χ1) is 9.03. The average molecular weight is 262 g/mol. The van der Waals surface area contributed by atoms with Gasteiger partial charge < -0.3 is 10.6 Å². The van der Waals surface area contributed by atoms with Crippen molar-refractivity contribution in [2.24, 2.45) is 5.73 Å². The second-order valence-electron chi connectivity index (χ2n) is 5.53.